The van der Waals surface area contributed by atoms with Crippen LogP contribution in [0, 0.1) is 27.4 Å². The zero-order chi connectivity index (χ0) is 14.0. The van der Waals surface area contributed by atoms with E-state index in [0.29, 0.717) is 5.56 Å². The molecule has 1 aromatic rings. The number of amides is 1. The molecule has 0 aromatic heterocycles. The first-order valence-electron chi connectivity index (χ1n) is 5.28. The lowest BCUT2D eigenvalue weighted by Gasteiger charge is -2.29. The van der Waals surface area contributed by atoms with Crippen molar-refractivity contribution in [3.63, 3.8) is 0 Å². The summed E-state index contributed by atoms with van der Waals surface area (Å²) in [4.78, 5) is 21.7. The number of rotatable bonds is 2. The average molecular weight is 276 g/mol. The maximum atomic E-state index is 11.6. The standard InChI is InChI=1S/C11H8N4O3S/c12-5-8-9(13-11(19)14-10(8)16)6-1-3-7(4-2-6)15(17)18/h1-4,8-9H,(H2,13,14,16,19)/t8-,9+/m1/s1. The average Bonchev–Trinajstić information content (AvgIpc) is 2.38. The molecule has 0 aliphatic carbocycles. The molecule has 2 N–H and O–H groups in total. The predicted molar refractivity (Wildman–Crippen MR) is 68.8 cm³/mol. The fourth-order valence-corrected chi connectivity index (χ4v) is 2.04. The molecule has 2 atom stereocenters. The molecule has 7 nitrogen and oxygen atoms in total. The smallest absolute Gasteiger partial charge is 0.269 e. The molecule has 0 spiro atoms. The molecule has 1 aliphatic heterocycles. The Morgan fingerprint density at radius 3 is 2.53 bits per heavy atom. The fraction of sp³-hybridized carbons (Fsp3) is 0.182. The van der Waals surface area contributed by atoms with E-state index in [1.165, 1.54) is 24.3 Å². The van der Waals surface area contributed by atoms with E-state index in [4.69, 9.17) is 17.5 Å². The van der Waals surface area contributed by atoms with Gasteiger partial charge in [0.15, 0.2) is 5.11 Å². The molecule has 1 aliphatic rings. The highest BCUT2D eigenvalue weighted by Crippen LogP contribution is 2.26. The SMILES string of the molecule is N#C[C@H]1C(=O)NC(=S)N[C@H]1c1ccc([N+](=O)[O-])cc1. The molecular formula is C11H8N4O3S. The first-order chi connectivity index (χ1) is 9.02. The Hall–Kier alpha value is -2.53. The Bertz CT molecular complexity index is 593. The van der Waals surface area contributed by atoms with Gasteiger partial charge in [-0.25, -0.2) is 0 Å². The summed E-state index contributed by atoms with van der Waals surface area (Å²) >= 11 is 4.87. The third-order valence-corrected chi connectivity index (χ3v) is 2.96. The number of nitrogens with one attached hydrogen (secondary N) is 2. The molecule has 0 radical (unpaired) electrons. The topological polar surface area (TPSA) is 108 Å². The van der Waals surface area contributed by atoms with Crippen molar-refractivity contribution in [1.82, 2.24) is 10.6 Å². The van der Waals surface area contributed by atoms with Crippen molar-refractivity contribution in [2.24, 2.45) is 5.92 Å². The van der Waals surface area contributed by atoms with Gasteiger partial charge in [0.05, 0.1) is 17.0 Å². The van der Waals surface area contributed by atoms with E-state index in [2.05, 4.69) is 10.6 Å². The second-order valence-corrected chi connectivity index (χ2v) is 4.30. The third-order valence-electron chi connectivity index (χ3n) is 2.74. The normalized spacial score (nSPS) is 22.1. The summed E-state index contributed by atoms with van der Waals surface area (Å²) in [6, 6.07) is 6.93. The molecule has 1 saturated heterocycles. The second-order valence-electron chi connectivity index (χ2n) is 3.90. The van der Waals surface area contributed by atoms with E-state index in [-0.39, 0.29) is 10.8 Å². The van der Waals surface area contributed by atoms with Crippen molar-refractivity contribution in [3.8, 4) is 6.07 Å². The van der Waals surface area contributed by atoms with Gasteiger partial charge in [-0.1, -0.05) is 12.1 Å². The van der Waals surface area contributed by atoms with Crippen molar-refractivity contribution >= 4 is 28.9 Å². The number of nitriles is 1. The van der Waals surface area contributed by atoms with Crippen LogP contribution in [0.4, 0.5) is 5.69 Å². The van der Waals surface area contributed by atoms with Gasteiger partial charge >= 0.3 is 0 Å². The second kappa shape index (κ2) is 4.99. The lowest BCUT2D eigenvalue weighted by molar-refractivity contribution is -0.384. The molecule has 1 aromatic carbocycles. The van der Waals surface area contributed by atoms with Gasteiger partial charge < -0.3 is 10.6 Å². The van der Waals surface area contributed by atoms with Gasteiger partial charge in [-0.2, -0.15) is 5.26 Å². The van der Waals surface area contributed by atoms with Crippen LogP contribution in [-0.4, -0.2) is 15.9 Å². The van der Waals surface area contributed by atoms with Crippen LogP contribution in [0.5, 0.6) is 0 Å². The highest BCUT2D eigenvalue weighted by atomic mass is 32.1. The van der Waals surface area contributed by atoms with Crippen LogP contribution in [0.15, 0.2) is 24.3 Å². The number of benzene rings is 1. The molecule has 8 heteroatoms. The molecule has 1 amide bonds. The Kier molecular flexibility index (Phi) is 3.39. The Balaban J connectivity index is 2.33. The molecule has 1 fully saturated rings. The molecule has 0 bridgehead atoms. The molecular weight excluding hydrogens is 268 g/mol. The van der Waals surface area contributed by atoms with Crippen LogP contribution >= 0.6 is 12.2 Å². The van der Waals surface area contributed by atoms with Crippen molar-refractivity contribution < 1.29 is 9.72 Å². The van der Waals surface area contributed by atoms with E-state index < -0.39 is 22.8 Å². The zero-order valence-electron chi connectivity index (χ0n) is 9.49. The van der Waals surface area contributed by atoms with Gasteiger partial charge in [-0.3, -0.25) is 14.9 Å². The number of nitro benzene ring substituents is 1. The number of nitro groups is 1. The maximum absolute atomic E-state index is 11.6. The summed E-state index contributed by atoms with van der Waals surface area (Å²) < 4.78 is 0. The molecule has 2 rings (SSSR count). The van der Waals surface area contributed by atoms with Gasteiger partial charge in [-0.05, 0) is 17.8 Å². The minimum absolute atomic E-state index is 0.0555. The molecule has 0 unspecified atom stereocenters. The van der Waals surface area contributed by atoms with Crippen LogP contribution in [-0.2, 0) is 4.79 Å². The van der Waals surface area contributed by atoms with Crippen LogP contribution in [0.25, 0.3) is 0 Å². The van der Waals surface area contributed by atoms with Gasteiger partial charge in [0.2, 0.25) is 5.91 Å². The van der Waals surface area contributed by atoms with E-state index in [9.17, 15) is 14.9 Å². The summed E-state index contributed by atoms with van der Waals surface area (Å²) in [6.45, 7) is 0. The van der Waals surface area contributed by atoms with Crippen LogP contribution in [0.2, 0.25) is 0 Å². The maximum Gasteiger partial charge on any atom is 0.269 e. The third kappa shape index (κ3) is 2.51. The first kappa shape index (κ1) is 12.9. The van der Waals surface area contributed by atoms with Crippen LogP contribution in [0.1, 0.15) is 11.6 Å². The Morgan fingerprint density at radius 2 is 2.00 bits per heavy atom. The molecule has 0 saturated carbocycles. The van der Waals surface area contributed by atoms with Gasteiger partial charge in [0.25, 0.3) is 5.69 Å². The highest BCUT2D eigenvalue weighted by Gasteiger charge is 2.35. The number of non-ortho nitro benzene ring substituents is 1. The Morgan fingerprint density at radius 1 is 1.37 bits per heavy atom. The molecule has 96 valence electrons. The number of carbonyl (C=O) groups excluding carboxylic acids is 1. The summed E-state index contributed by atoms with van der Waals surface area (Å²) in [7, 11) is 0. The first-order valence-corrected chi connectivity index (χ1v) is 5.69. The van der Waals surface area contributed by atoms with Crippen molar-refractivity contribution in [2.45, 2.75) is 6.04 Å². The van der Waals surface area contributed by atoms with Crippen LogP contribution in [0.3, 0.4) is 0 Å². The van der Waals surface area contributed by atoms with Crippen molar-refractivity contribution in [2.75, 3.05) is 0 Å². The summed E-state index contributed by atoms with van der Waals surface area (Å²) in [5.74, 6) is -1.41. The number of thiocarbonyl (C=S) groups is 1. The van der Waals surface area contributed by atoms with Crippen molar-refractivity contribution in [3.05, 3.63) is 39.9 Å². The number of carbonyl (C=O) groups is 1. The fourth-order valence-electron chi connectivity index (χ4n) is 1.81. The van der Waals surface area contributed by atoms with Gasteiger partial charge in [-0.15, -0.1) is 0 Å². The minimum Gasteiger partial charge on any atom is -0.354 e. The lowest BCUT2D eigenvalue weighted by Crippen LogP contribution is -2.53. The van der Waals surface area contributed by atoms with E-state index in [1.807, 2.05) is 6.07 Å². The van der Waals surface area contributed by atoms with E-state index in [1.54, 1.807) is 0 Å². The predicted octanol–water partition coefficient (Wildman–Crippen LogP) is 0.780. The quantitative estimate of drug-likeness (QED) is 0.469. The van der Waals surface area contributed by atoms with Gasteiger partial charge in [0, 0.05) is 12.1 Å². The number of hydrogen-bond donors (Lipinski definition) is 2. The molecule has 19 heavy (non-hydrogen) atoms. The summed E-state index contributed by atoms with van der Waals surface area (Å²) in [5.41, 5.74) is 0.537. The Labute approximate surface area is 113 Å². The number of nitrogens with zero attached hydrogens (tertiary/aromatic N) is 2. The number of hydrogen-bond acceptors (Lipinski definition) is 5. The lowest BCUT2D eigenvalue weighted by atomic mass is 9.92. The van der Waals surface area contributed by atoms with Crippen molar-refractivity contribution in [1.29, 1.82) is 5.26 Å². The summed E-state index contributed by atoms with van der Waals surface area (Å²) in [6.07, 6.45) is 0. The zero-order valence-corrected chi connectivity index (χ0v) is 10.3. The minimum atomic E-state index is -0.937. The van der Waals surface area contributed by atoms with E-state index in [0.717, 1.165) is 0 Å². The largest absolute Gasteiger partial charge is 0.354 e. The van der Waals surface area contributed by atoms with Crippen LogP contribution < -0.4 is 10.6 Å². The molecule has 1 heterocycles. The highest BCUT2D eigenvalue weighted by molar-refractivity contribution is 7.80. The summed E-state index contributed by atoms with van der Waals surface area (Å²) in [5, 5.41) is 24.9. The van der Waals surface area contributed by atoms with Gasteiger partial charge in [0.1, 0.15) is 5.92 Å². The van der Waals surface area contributed by atoms with E-state index >= 15 is 0 Å². The monoisotopic (exact) mass is 276 g/mol.